The monoisotopic (exact) mass is 508 g/mol. The molecule has 0 aromatic carbocycles. The Bertz CT molecular complexity index is 983. The van der Waals surface area contributed by atoms with Gasteiger partial charge >= 0.3 is 23.9 Å². The third kappa shape index (κ3) is 4.80. The van der Waals surface area contributed by atoms with Gasteiger partial charge in [-0.05, 0) is 38.3 Å². The Morgan fingerprint density at radius 1 is 1.08 bits per heavy atom. The van der Waals surface area contributed by atoms with Crippen LogP contribution in [0.1, 0.15) is 60.8 Å². The molecule has 1 saturated heterocycles. The lowest BCUT2D eigenvalue weighted by Crippen LogP contribution is -2.65. The molecule has 8 unspecified atom stereocenters. The summed E-state index contributed by atoms with van der Waals surface area (Å²) in [5.74, 6) is -4.40. The Balaban J connectivity index is 2.36. The second-order valence-corrected chi connectivity index (χ2v) is 10.2. The van der Waals surface area contributed by atoms with Gasteiger partial charge in [0.1, 0.15) is 18.3 Å². The molecule has 10 heteroatoms. The zero-order chi connectivity index (χ0) is 27.0. The Hall–Kier alpha value is -2.72. The first-order valence-corrected chi connectivity index (χ1v) is 12.2. The highest BCUT2D eigenvalue weighted by molar-refractivity contribution is 5.78. The van der Waals surface area contributed by atoms with Crippen molar-refractivity contribution in [3.05, 3.63) is 23.3 Å². The van der Waals surface area contributed by atoms with Gasteiger partial charge in [0.15, 0.2) is 11.7 Å². The molecule has 0 saturated carbocycles. The van der Waals surface area contributed by atoms with Crippen molar-refractivity contribution in [2.24, 2.45) is 17.3 Å². The second-order valence-electron chi connectivity index (χ2n) is 10.2. The number of aliphatic hydroxyl groups is 2. The molecule has 36 heavy (non-hydrogen) atoms. The van der Waals surface area contributed by atoms with Gasteiger partial charge in [0.05, 0.1) is 17.9 Å². The van der Waals surface area contributed by atoms with Crippen LogP contribution in [-0.4, -0.2) is 70.7 Å². The average Bonchev–Trinajstić information content (AvgIpc) is 2.99. The molecular weight excluding hydrogens is 472 g/mol. The van der Waals surface area contributed by atoms with E-state index in [4.69, 9.17) is 18.9 Å². The maximum atomic E-state index is 12.7. The Morgan fingerprint density at radius 3 is 2.22 bits per heavy atom. The molecule has 3 rings (SSSR count). The number of hydrogen-bond donors (Lipinski definition) is 2. The summed E-state index contributed by atoms with van der Waals surface area (Å²) in [6.07, 6.45) is -0.0830. The van der Waals surface area contributed by atoms with Gasteiger partial charge in [-0.25, -0.2) is 0 Å². The van der Waals surface area contributed by atoms with Crippen molar-refractivity contribution < 1.29 is 48.3 Å². The van der Waals surface area contributed by atoms with E-state index >= 15 is 0 Å². The quantitative estimate of drug-likeness (QED) is 0.327. The van der Waals surface area contributed by atoms with Gasteiger partial charge in [0.25, 0.3) is 0 Å². The zero-order valence-electron chi connectivity index (χ0n) is 21.6. The van der Waals surface area contributed by atoms with Gasteiger partial charge in [-0.1, -0.05) is 18.6 Å². The average molecular weight is 509 g/mol. The summed E-state index contributed by atoms with van der Waals surface area (Å²) in [7, 11) is 0. The summed E-state index contributed by atoms with van der Waals surface area (Å²) in [6.45, 7) is 8.41. The third-order valence-electron chi connectivity index (χ3n) is 7.93. The molecule has 0 spiro atoms. The molecule has 1 aliphatic heterocycles. The minimum Gasteiger partial charge on any atom is -0.462 e. The molecule has 10 nitrogen and oxygen atoms in total. The van der Waals surface area contributed by atoms with Crippen molar-refractivity contribution >= 4 is 23.9 Å². The van der Waals surface area contributed by atoms with Crippen molar-refractivity contribution in [1.29, 1.82) is 0 Å². The maximum Gasteiger partial charge on any atom is 0.312 e. The van der Waals surface area contributed by atoms with E-state index in [1.54, 1.807) is 13.8 Å². The molecule has 1 heterocycles. The fourth-order valence-corrected chi connectivity index (χ4v) is 6.10. The van der Waals surface area contributed by atoms with Gasteiger partial charge < -0.3 is 29.2 Å². The van der Waals surface area contributed by atoms with Crippen molar-refractivity contribution in [3.63, 3.8) is 0 Å². The molecule has 2 N–H and O–H groups in total. The third-order valence-corrected chi connectivity index (χ3v) is 7.93. The van der Waals surface area contributed by atoms with Crippen LogP contribution < -0.4 is 0 Å². The molecule has 0 bridgehead atoms. The molecule has 0 aromatic heterocycles. The van der Waals surface area contributed by atoms with Crippen LogP contribution in [0.3, 0.4) is 0 Å². The molecule has 8 atom stereocenters. The molecule has 1 fully saturated rings. The van der Waals surface area contributed by atoms with E-state index in [-0.39, 0.29) is 12.8 Å². The largest absolute Gasteiger partial charge is 0.462 e. The molecule has 0 radical (unpaired) electrons. The number of ether oxygens (including phenoxy) is 4. The van der Waals surface area contributed by atoms with Crippen LogP contribution in [0.2, 0.25) is 0 Å². The molecule has 2 aliphatic carbocycles. The van der Waals surface area contributed by atoms with Crippen molar-refractivity contribution in [3.8, 4) is 0 Å². The van der Waals surface area contributed by atoms with Gasteiger partial charge in [0.2, 0.25) is 0 Å². The van der Waals surface area contributed by atoms with Gasteiger partial charge in [-0.2, -0.15) is 0 Å². The Labute approximate surface area is 210 Å². The maximum absolute atomic E-state index is 12.7. The van der Waals surface area contributed by atoms with E-state index in [1.807, 2.05) is 6.08 Å². The van der Waals surface area contributed by atoms with Gasteiger partial charge in [0, 0.05) is 33.1 Å². The Morgan fingerprint density at radius 2 is 1.67 bits per heavy atom. The first-order chi connectivity index (χ1) is 16.8. The van der Waals surface area contributed by atoms with E-state index in [9.17, 15) is 29.4 Å². The highest BCUT2D eigenvalue weighted by atomic mass is 16.6. The van der Waals surface area contributed by atoms with Crippen molar-refractivity contribution in [1.82, 2.24) is 0 Å². The van der Waals surface area contributed by atoms with E-state index in [1.165, 1.54) is 33.8 Å². The van der Waals surface area contributed by atoms with Gasteiger partial charge in [-0.15, -0.1) is 0 Å². The number of carbonyl (C=O) groups is 4. The van der Waals surface area contributed by atoms with Crippen LogP contribution in [-0.2, 0) is 38.1 Å². The predicted octanol–water partition coefficient (Wildman–Crippen LogP) is 1.76. The zero-order valence-corrected chi connectivity index (χ0v) is 21.6. The minimum atomic E-state index is -2.03. The minimum absolute atomic E-state index is 0.242. The van der Waals surface area contributed by atoms with E-state index in [0.29, 0.717) is 12.0 Å². The Kier molecular flexibility index (Phi) is 8.00. The number of carbonyl (C=O) groups excluding carboxylic acids is 4. The van der Waals surface area contributed by atoms with Gasteiger partial charge in [-0.3, -0.25) is 19.2 Å². The van der Waals surface area contributed by atoms with Crippen LogP contribution in [0.25, 0.3) is 0 Å². The van der Waals surface area contributed by atoms with E-state index < -0.39 is 77.8 Å². The van der Waals surface area contributed by atoms with Crippen LogP contribution in [0.15, 0.2) is 23.3 Å². The highest BCUT2D eigenvalue weighted by Crippen LogP contribution is 2.55. The highest BCUT2D eigenvalue weighted by Gasteiger charge is 2.67. The van der Waals surface area contributed by atoms with Crippen LogP contribution in [0.4, 0.5) is 0 Å². The number of fused-ring (bicyclic) bond motifs is 2. The molecular formula is C26H36O10. The first kappa shape index (κ1) is 27.9. The van der Waals surface area contributed by atoms with Crippen molar-refractivity contribution in [2.75, 3.05) is 6.61 Å². The summed E-state index contributed by atoms with van der Waals surface area (Å²) in [5.41, 5.74) is -2.04. The van der Waals surface area contributed by atoms with Crippen LogP contribution >= 0.6 is 0 Å². The first-order valence-electron chi connectivity index (χ1n) is 12.2. The summed E-state index contributed by atoms with van der Waals surface area (Å²) in [5, 5.41) is 22.2. The number of esters is 4. The predicted molar refractivity (Wildman–Crippen MR) is 125 cm³/mol. The number of rotatable bonds is 4. The second kappa shape index (κ2) is 10.3. The van der Waals surface area contributed by atoms with Crippen molar-refractivity contribution in [2.45, 2.75) is 90.8 Å². The standard InChI is InChI=1S/C26H36O10/c1-13-7-9-19(33-15(3)28)25(6)20(34-16(4)29)10-8-18(12-27)11-21-26(32,14(2)24(31)36-21)23(22(13)25)35-17(5)30/h7,11,14,19-23,27,32H,8-10,12H2,1-6H3. The lowest BCUT2D eigenvalue weighted by atomic mass is 9.56. The topological polar surface area (TPSA) is 146 Å². The smallest absolute Gasteiger partial charge is 0.312 e. The fourth-order valence-electron chi connectivity index (χ4n) is 6.10. The van der Waals surface area contributed by atoms with E-state index in [0.717, 1.165) is 5.57 Å². The number of aliphatic hydroxyl groups excluding tert-OH is 1. The van der Waals surface area contributed by atoms with Crippen LogP contribution in [0, 0.1) is 17.3 Å². The lowest BCUT2D eigenvalue weighted by Gasteiger charge is -2.54. The molecule has 0 amide bonds. The SMILES string of the molecule is CC(=O)OC1CC=C(C)C2C(OC(C)=O)C3(O)C(C=C(CO)CCC(OC(C)=O)C12C)OC(=O)C3C. The summed E-state index contributed by atoms with van der Waals surface area (Å²) < 4.78 is 22.9. The molecule has 0 aromatic rings. The van der Waals surface area contributed by atoms with E-state index in [2.05, 4.69) is 0 Å². The molecule has 3 aliphatic rings. The lowest BCUT2D eigenvalue weighted by molar-refractivity contribution is -0.216. The number of hydrogen-bond acceptors (Lipinski definition) is 10. The summed E-state index contributed by atoms with van der Waals surface area (Å²) in [6, 6.07) is 0. The summed E-state index contributed by atoms with van der Waals surface area (Å²) in [4.78, 5) is 49.5. The normalized spacial score (nSPS) is 38.4. The van der Waals surface area contributed by atoms with Crippen LogP contribution in [0.5, 0.6) is 0 Å². The molecule has 200 valence electrons. The fraction of sp³-hybridized carbons (Fsp3) is 0.692. The summed E-state index contributed by atoms with van der Waals surface area (Å²) >= 11 is 0.